The Bertz CT molecular complexity index is 1080. The molecule has 1 saturated heterocycles. The normalized spacial score (nSPS) is 15.0. The van der Waals surface area contributed by atoms with E-state index in [1.807, 2.05) is 37.3 Å². The van der Waals surface area contributed by atoms with E-state index < -0.39 is 5.82 Å². The van der Waals surface area contributed by atoms with E-state index in [0.717, 1.165) is 50.4 Å². The lowest BCUT2D eigenvalue weighted by atomic mass is 10.1. The molecular weight excluding hydrogens is 481 g/mol. The van der Waals surface area contributed by atoms with Crippen LogP contribution in [-0.4, -0.2) is 57.0 Å². The lowest BCUT2D eigenvalue weighted by Crippen LogP contribution is -2.37. The van der Waals surface area contributed by atoms with E-state index in [1.165, 1.54) is 12.1 Å². The summed E-state index contributed by atoms with van der Waals surface area (Å²) >= 11 is 5.94. The summed E-state index contributed by atoms with van der Waals surface area (Å²) in [4.78, 5) is 18.7. The minimum atomic E-state index is -0.402. The summed E-state index contributed by atoms with van der Waals surface area (Å²) in [5.74, 6) is -0.179. The zero-order chi connectivity index (χ0) is 25.8. The van der Waals surface area contributed by atoms with Gasteiger partial charge in [0.25, 0.3) is 0 Å². The van der Waals surface area contributed by atoms with Crippen LogP contribution >= 0.6 is 11.6 Å². The molecule has 2 aromatic rings. The van der Waals surface area contributed by atoms with Gasteiger partial charge in [-0.15, -0.1) is 0 Å². The first-order chi connectivity index (χ1) is 17.4. The summed E-state index contributed by atoms with van der Waals surface area (Å²) in [6.07, 6.45) is 4.56. The number of benzene rings is 2. The third kappa shape index (κ3) is 9.57. The maximum atomic E-state index is 14.1. The predicted octanol–water partition coefficient (Wildman–Crippen LogP) is 5.27. The number of hydrogen-bond acceptors (Lipinski definition) is 5. The Morgan fingerprint density at radius 3 is 2.69 bits per heavy atom. The van der Waals surface area contributed by atoms with Gasteiger partial charge in [0.2, 0.25) is 5.91 Å². The summed E-state index contributed by atoms with van der Waals surface area (Å²) < 4.78 is 25.2. The van der Waals surface area contributed by atoms with Crippen LogP contribution in [0.1, 0.15) is 30.9 Å². The maximum absolute atomic E-state index is 14.1. The second kappa shape index (κ2) is 14.5. The summed E-state index contributed by atoms with van der Waals surface area (Å²) in [7, 11) is 0. The molecule has 6 nitrogen and oxygen atoms in total. The topological polar surface area (TPSA) is 63.2 Å². The van der Waals surface area contributed by atoms with E-state index in [-0.39, 0.29) is 18.9 Å². The Labute approximate surface area is 217 Å². The molecule has 192 valence electrons. The van der Waals surface area contributed by atoms with Gasteiger partial charge in [0, 0.05) is 43.0 Å². The zero-order valence-corrected chi connectivity index (χ0v) is 21.4. The smallest absolute Gasteiger partial charge is 0.226 e. The largest absolute Gasteiger partial charge is 0.493 e. The number of carbonyl (C=O) groups excluding carboxylic acids is 1. The second-order valence-corrected chi connectivity index (χ2v) is 9.01. The van der Waals surface area contributed by atoms with Crippen molar-refractivity contribution in [2.45, 2.75) is 26.3 Å². The monoisotopic (exact) mass is 513 g/mol. The molecule has 36 heavy (non-hydrogen) atoms. The van der Waals surface area contributed by atoms with Crippen LogP contribution in [0.5, 0.6) is 5.75 Å². The molecule has 1 aliphatic heterocycles. The van der Waals surface area contributed by atoms with Gasteiger partial charge in [0.1, 0.15) is 11.6 Å². The fraction of sp³-hybridized carbons (Fsp3) is 0.357. The van der Waals surface area contributed by atoms with Crippen LogP contribution in [0.15, 0.2) is 65.3 Å². The lowest BCUT2D eigenvalue weighted by molar-refractivity contribution is -0.120. The van der Waals surface area contributed by atoms with Gasteiger partial charge in [-0.05, 0) is 67.1 Å². The molecule has 1 fully saturated rings. The molecule has 1 heterocycles. The molecule has 2 aromatic carbocycles. The van der Waals surface area contributed by atoms with Gasteiger partial charge >= 0.3 is 0 Å². The fourth-order valence-corrected chi connectivity index (χ4v) is 3.86. The van der Waals surface area contributed by atoms with E-state index in [0.29, 0.717) is 28.6 Å². The number of nitrogens with zero attached hydrogens (tertiary/aromatic N) is 2. The highest BCUT2D eigenvalue weighted by molar-refractivity contribution is 6.30. The second-order valence-electron chi connectivity index (χ2n) is 8.58. The first-order valence-electron chi connectivity index (χ1n) is 12.0. The van der Waals surface area contributed by atoms with Gasteiger partial charge in [0.05, 0.1) is 26.2 Å². The van der Waals surface area contributed by atoms with Crippen LogP contribution in [0, 0.1) is 5.82 Å². The zero-order valence-electron chi connectivity index (χ0n) is 20.6. The molecular formula is C28H33ClFN3O3. The third-order valence-electron chi connectivity index (χ3n) is 5.78. The number of amides is 1. The quantitative estimate of drug-likeness (QED) is 0.238. The number of allylic oxidation sites excluding steroid dienone is 3. The van der Waals surface area contributed by atoms with Crippen LogP contribution in [0.25, 0.3) is 5.57 Å². The molecule has 3 rings (SSSR count). The standard InChI is InChI=1S/C28H33ClFN3O3/c1-21(23-5-7-24(29)8-6-23)4-9-26(31-2)19-28(34)32-20-22-16-25(30)18-27(17-22)36-13-3-10-33-11-14-35-15-12-33/h4-9,16-18H,2-3,10-15,19-20H2,1H3,(H,32,34)/b21-4+,26-9-. The summed E-state index contributed by atoms with van der Waals surface area (Å²) in [6, 6.07) is 12.0. The summed E-state index contributed by atoms with van der Waals surface area (Å²) in [5.41, 5.74) is 3.19. The van der Waals surface area contributed by atoms with Crippen molar-refractivity contribution in [3.05, 3.63) is 82.3 Å². The number of morpholine rings is 1. The van der Waals surface area contributed by atoms with Crippen molar-refractivity contribution in [2.75, 3.05) is 39.5 Å². The lowest BCUT2D eigenvalue weighted by Gasteiger charge is -2.26. The van der Waals surface area contributed by atoms with Gasteiger partial charge in [-0.1, -0.05) is 29.8 Å². The minimum absolute atomic E-state index is 0.0636. The molecule has 1 amide bonds. The van der Waals surface area contributed by atoms with Crippen molar-refractivity contribution < 1.29 is 18.7 Å². The maximum Gasteiger partial charge on any atom is 0.226 e. The van der Waals surface area contributed by atoms with Gasteiger partial charge in [0.15, 0.2) is 0 Å². The molecule has 8 heteroatoms. The highest BCUT2D eigenvalue weighted by Crippen LogP contribution is 2.19. The molecule has 0 atom stereocenters. The minimum Gasteiger partial charge on any atom is -0.493 e. The first kappa shape index (κ1) is 27.6. The van der Waals surface area contributed by atoms with Crippen LogP contribution in [-0.2, 0) is 16.1 Å². The number of ether oxygens (including phenoxy) is 2. The van der Waals surface area contributed by atoms with Crippen molar-refractivity contribution >= 4 is 29.8 Å². The Kier molecular flexibility index (Phi) is 11.1. The van der Waals surface area contributed by atoms with Crippen molar-refractivity contribution in [1.82, 2.24) is 10.2 Å². The Morgan fingerprint density at radius 2 is 1.97 bits per heavy atom. The molecule has 0 unspecified atom stereocenters. The average Bonchev–Trinajstić information content (AvgIpc) is 2.88. The predicted molar refractivity (Wildman–Crippen MR) is 143 cm³/mol. The van der Waals surface area contributed by atoms with Crippen LogP contribution in [0.4, 0.5) is 4.39 Å². The summed E-state index contributed by atoms with van der Waals surface area (Å²) in [5, 5.41) is 3.48. The van der Waals surface area contributed by atoms with Crippen LogP contribution in [0.3, 0.4) is 0 Å². The molecule has 0 aromatic heterocycles. The van der Waals surface area contributed by atoms with Crippen molar-refractivity contribution in [3.8, 4) is 5.75 Å². The van der Waals surface area contributed by atoms with E-state index in [2.05, 4.69) is 21.9 Å². The van der Waals surface area contributed by atoms with Crippen molar-refractivity contribution in [2.24, 2.45) is 4.99 Å². The highest BCUT2D eigenvalue weighted by atomic mass is 35.5. The Morgan fingerprint density at radius 1 is 1.22 bits per heavy atom. The van der Waals surface area contributed by atoms with Gasteiger partial charge in [-0.25, -0.2) is 4.39 Å². The fourth-order valence-electron chi connectivity index (χ4n) is 3.73. The van der Waals surface area contributed by atoms with E-state index in [1.54, 1.807) is 12.1 Å². The molecule has 1 aliphatic rings. The number of halogens is 2. The van der Waals surface area contributed by atoms with E-state index in [9.17, 15) is 9.18 Å². The highest BCUT2D eigenvalue weighted by Gasteiger charge is 2.10. The van der Waals surface area contributed by atoms with Gasteiger partial charge in [-0.2, -0.15) is 0 Å². The molecule has 0 radical (unpaired) electrons. The van der Waals surface area contributed by atoms with E-state index in [4.69, 9.17) is 21.1 Å². The van der Waals surface area contributed by atoms with Crippen molar-refractivity contribution in [1.29, 1.82) is 0 Å². The number of aliphatic imine (C=N–C) groups is 1. The van der Waals surface area contributed by atoms with Gasteiger partial charge in [-0.3, -0.25) is 14.7 Å². The third-order valence-corrected chi connectivity index (χ3v) is 6.03. The van der Waals surface area contributed by atoms with Crippen LogP contribution in [0.2, 0.25) is 5.02 Å². The Balaban J connectivity index is 1.47. The van der Waals surface area contributed by atoms with E-state index >= 15 is 0 Å². The van der Waals surface area contributed by atoms with Crippen LogP contribution < -0.4 is 10.1 Å². The average molecular weight is 514 g/mol. The summed E-state index contributed by atoms with van der Waals surface area (Å²) in [6.45, 7) is 10.5. The number of hydrogen-bond donors (Lipinski definition) is 1. The number of nitrogens with one attached hydrogen (secondary N) is 1. The molecule has 0 bridgehead atoms. The van der Waals surface area contributed by atoms with Crippen molar-refractivity contribution in [3.63, 3.8) is 0 Å². The molecule has 1 N–H and O–H groups in total. The SMILES string of the molecule is C=N/C(=C\C=C(/C)c1ccc(Cl)cc1)CC(=O)NCc1cc(F)cc(OCCCN2CCOCC2)c1. The molecule has 0 aliphatic carbocycles. The Hall–Kier alpha value is -3.00. The van der Waals surface area contributed by atoms with Gasteiger partial charge < -0.3 is 14.8 Å². The number of rotatable bonds is 12. The molecule has 0 saturated carbocycles. The first-order valence-corrected chi connectivity index (χ1v) is 12.4. The number of carbonyl (C=O) groups is 1. The molecule has 0 spiro atoms.